The number of nitrogens with one attached hydrogen (secondary N) is 1. The van der Waals surface area contributed by atoms with Gasteiger partial charge in [-0.3, -0.25) is 4.79 Å². The number of hydrogen-bond acceptors (Lipinski definition) is 3. The fourth-order valence-electron chi connectivity index (χ4n) is 1.09. The van der Waals surface area contributed by atoms with E-state index in [0.29, 0.717) is 10.9 Å². The highest BCUT2D eigenvalue weighted by atomic mass is 35.5. The van der Waals surface area contributed by atoms with E-state index in [4.69, 9.17) is 11.6 Å². The van der Waals surface area contributed by atoms with Crippen molar-refractivity contribution >= 4 is 28.7 Å². The van der Waals surface area contributed by atoms with Crippen LogP contribution in [0.4, 0.5) is 0 Å². The van der Waals surface area contributed by atoms with E-state index in [9.17, 15) is 4.79 Å². The van der Waals surface area contributed by atoms with Crippen molar-refractivity contribution in [2.24, 2.45) is 5.92 Å². The molecule has 1 aromatic rings. The summed E-state index contributed by atoms with van der Waals surface area (Å²) in [7, 11) is 1.84. The summed E-state index contributed by atoms with van der Waals surface area (Å²) in [5, 5.41) is 2.98. The predicted octanol–water partition coefficient (Wildman–Crippen LogP) is 2.44. The van der Waals surface area contributed by atoms with Crippen molar-refractivity contribution in [3.63, 3.8) is 0 Å². The third-order valence-electron chi connectivity index (χ3n) is 1.77. The maximum absolute atomic E-state index is 11.7. The Hall–Kier alpha value is -0.380. The van der Waals surface area contributed by atoms with Gasteiger partial charge in [0.1, 0.15) is 0 Å². The summed E-state index contributed by atoms with van der Waals surface area (Å²) >= 11 is 7.08. The molecule has 1 heterocycles. The Morgan fingerprint density at radius 3 is 2.85 bits per heavy atom. The highest BCUT2D eigenvalue weighted by molar-refractivity contribution is 7.18. The first-order valence-electron chi connectivity index (χ1n) is 4.09. The molecular formula is C9H12ClNOS. The molecule has 4 heteroatoms. The van der Waals surface area contributed by atoms with Crippen molar-refractivity contribution in [1.82, 2.24) is 5.32 Å². The lowest BCUT2D eigenvalue weighted by molar-refractivity contribution is 0.0934. The van der Waals surface area contributed by atoms with Crippen LogP contribution >= 0.6 is 22.9 Å². The molecule has 1 unspecified atom stereocenters. The van der Waals surface area contributed by atoms with Crippen LogP contribution in [0.5, 0.6) is 0 Å². The van der Waals surface area contributed by atoms with Crippen molar-refractivity contribution in [3.8, 4) is 0 Å². The summed E-state index contributed by atoms with van der Waals surface area (Å²) in [6.07, 6.45) is 0. The lowest BCUT2D eigenvalue weighted by Gasteiger charge is -2.06. The first kappa shape index (κ1) is 10.7. The molecule has 1 atom stereocenters. The van der Waals surface area contributed by atoms with Gasteiger partial charge in [0.15, 0.2) is 5.78 Å². The molecule has 1 rings (SSSR count). The molecular weight excluding hydrogens is 206 g/mol. The fourth-order valence-corrected chi connectivity index (χ4v) is 2.18. The molecule has 0 radical (unpaired) electrons. The zero-order valence-electron chi connectivity index (χ0n) is 7.63. The van der Waals surface area contributed by atoms with E-state index in [-0.39, 0.29) is 11.7 Å². The molecule has 0 bridgehead atoms. The molecule has 0 aromatic carbocycles. The van der Waals surface area contributed by atoms with Gasteiger partial charge in [-0.25, -0.2) is 0 Å². The van der Waals surface area contributed by atoms with E-state index >= 15 is 0 Å². The fraction of sp³-hybridized carbons (Fsp3) is 0.444. The highest BCUT2D eigenvalue weighted by Gasteiger charge is 2.15. The van der Waals surface area contributed by atoms with E-state index in [0.717, 1.165) is 4.88 Å². The molecule has 2 nitrogen and oxygen atoms in total. The SMILES string of the molecule is CNCC(C)C(=O)c1ccc(Cl)s1. The van der Waals surface area contributed by atoms with E-state index in [1.165, 1.54) is 11.3 Å². The summed E-state index contributed by atoms with van der Waals surface area (Å²) in [5.74, 6) is 0.172. The van der Waals surface area contributed by atoms with E-state index in [1.807, 2.05) is 14.0 Å². The van der Waals surface area contributed by atoms with Crippen LogP contribution < -0.4 is 5.32 Å². The molecule has 0 aliphatic rings. The van der Waals surface area contributed by atoms with Crippen molar-refractivity contribution in [2.45, 2.75) is 6.92 Å². The second-order valence-corrected chi connectivity index (χ2v) is 4.64. The second kappa shape index (κ2) is 4.74. The molecule has 13 heavy (non-hydrogen) atoms. The van der Waals surface area contributed by atoms with Crippen molar-refractivity contribution in [1.29, 1.82) is 0 Å². The van der Waals surface area contributed by atoms with Gasteiger partial charge in [-0.15, -0.1) is 11.3 Å². The molecule has 0 spiro atoms. The first-order chi connectivity index (χ1) is 6.15. The van der Waals surface area contributed by atoms with Gasteiger partial charge in [-0.05, 0) is 19.2 Å². The average molecular weight is 218 g/mol. The Balaban J connectivity index is 2.67. The zero-order valence-corrected chi connectivity index (χ0v) is 9.21. The average Bonchev–Trinajstić information content (AvgIpc) is 2.51. The lowest BCUT2D eigenvalue weighted by atomic mass is 10.1. The quantitative estimate of drug-likeness (QED) is 0.785. The lowest BCUT2D eigenvalue weighted by Crippen LogP contribution is -2.23. The summed E-state index contributed by atoms with van der Waals surface area (Å²) in [4.78, 5) is 12.4. The summed E-state index contributed by atoms with van der Waals surface area (Å²) < 4.78 is 0.667. The molecule has 0 amide bonds. The van der Waals surface area contributed by atoms with Gasteiger partial charge in [0.05, 0.1) is 9.21 Å². The Morgan fingerprint density at radius 1 is 1.69 bits per heavy atom. The molecule has 0 aliphatic carbocycles. The Bertz CT molecular complexity index is 298. The monoisotopic (exact) mass is 217 g/mol. The van der Waals surface area contributed by atoms with E-state index < -0.39 is 0 Å². The number of rotatable bonds is 4. The van der Waals surface area contributed by atoms with E-state index in [2.05, 4.69) is 5.32 Å². The van der Waals surface area contributed by atoms with Gasteiger partial charge in [0.2, 0.25) is 0 Å². The Labute approximate surface area is 86.9 Å². The molecule has 0 saturated heterocycles. The number of carbonyl (C=O) groups is 1. The molecule has 0 aliphatic heterocycles. The summed E-state index contributed by atoms with van der Waals surface area (Å²) in [6, 6.07) is 3.53. The van der Waals surface area contributed by atoms with Crippen LogP contribution in [0.15, 0.2) is 12.1 Å². The molecule has 1 aromatic heterocycles. The maximum atomic E-state index is 11.7. The first-order valence-corrected chi connectivity index (χ1v) is 5.28. The van der Waals surface area contributed by atoms with Crippen LogP contribution in [0.3, 0.4) is 0 Å². The summed E-state index contributed by atoms with van der Waals surface area (Å²) in [6.45, 7) is 2.61. The van der Waals surface area contributed by atoms with Crippen LogP contribution in [-0.4, -0.2) is 19.4 Å². The number of ketones is 1. The summed E-state index contributed by atoms with van der Waals surface area (Å²) in [5.41, 5.74) is 0. The second-order valence-electron chi connectivity index (χ2n) is 2.93. The Kier molecular flexibility index (Phi) is 3.90. The van der Waals surface area contributed by atoms with Crippen LogP contribution in [-0.2, 0) is 0 Å². The van der Waals surface area contributed by atoms with Gasteiger partial charge in [-0.1, -0.05) is 18.5 Å². The molecule has 0 fully saturated rings. The topological polar surface area (TPSA) is 29.1 Å². The third-order valence-corrected chi connectivity index (χ3v) is 3.02. The largest absolute Gasteiger partial charge is 0.319 e. The van der Waals surface area contributed by atoms with Gasteiger partial charge < -0.3 is 5.32 Å². The molecule has 72 valence electrons. The number of halogens is 1. The standard InChI is InChI=1S/C9H12ClNOS/c1-6(5-11-2)9(12)7-3-4-8(10)13-7/h3-4,6,11H,5H2,1-2H3. The van der Waals surface area contributed by atoms with Crippen LogP contribution in [0.25, 0.3) is 0 Å². The van der Waals surface area contributed by atoms with E-state index in [1.54, 1.807) is 12.1 Å². The number of thiophene rings is 1. The molecule has 1 N–H and O–H groups in total. The number of Topliss-reactive ketones (excluding diaryl/α,β-unsaturated/α-hetero) is 1. The highest BCUT2D eigenvalue weighted by Crippen LogP contribution is 2.23. The van der Waals surface area contributed by atoms with Crippen molar-refractivity contribution in [2.75, 3.05) is 13.6 Å². The van der Waals surface area contributed by atoms with Crippen LogP contribution in [0.1, 0.15) is 16.6 Å². The van der Waals surface area contributed by atoms with Crippen LogP contribution in [0.2, 0.25) is 4.34 Å². The third kappa shape index (κ3) is 2.79. The van der Waals surface area contributed by atoms with Crippen molar-refractivity contribution < 1.29 is 4.79 Å². The number of carbonyl (C=O) groups excluding carboxylic acids is 1. The number of hydrogen-bond donors (Lipinski definition) is 1. The smallest absolute Gasteiger partial charge is 0.176 e. The normalized spacial score (nSPS) is 12.8. The minimum absolute atomic E-state index is 0.0136. The predicted molar refractivity (Wildman–Crippen MR) is 56.8 cm³/mol. The minimum Gasteiger partial charge on any atom is -0.319 e. The van der Waals surface area contributed by atoms with Gasteiger partial charge >= 0.3 is 0 Å². The maximum Gasteiger partial charge on any atom is 0.176 e. The molecule has 0 saturated carbocycles. The Morgan fingerprint density at radius 2 is 2.38 bits per heavy atom. The van der Waals surface area contributed by atoms with Gasteiger partial charge in [-0.2, -0.15) is 0 Å². The van der Waals surface area contributed by atoms with Gasteiger partial charge in [0.25, 0.3) is 0 Å². The van der Waals surface area contributed by atoms with Crippen LogP contribution in [0, 0.1) is 5.92 Å². The minimum atomic E-state index is 0.0136. The van der Waals surface area contributed by atoms with Gasteiger partial charge in [0, 0.05) is 12.5 Å². The zero-order chi connectivity index (χ0) is 9.84. The van der Waals surface area contributed by atoms with Crippen molar-refractivity contribution in [3.05, 3.63) is 21.3 Å².